The van der Waals surface area contributed by atoms with Crippen molar-refractivity contribution in [3.8, 4) is 0 Å². The van der Waals surface area contributed by atoms with Crippen LogP contribution < -0.4 is 5.73 Å². The van der Waals surface area contributed by atoms with E-state index in [2.05, 4.69) is 19.5 Å². The lowest BCUT2D eigenvalue weighted by Crippen LogP contribution is -2.28. The molecular formula is C12H18N5O6P. The molecule has 1 aliphatic heterocycles. The van der Waals surface area contributed by atoms with Crippen LogP contribution in [-0.4, -0.2) is 57.4 Å². The zero-order valence-corrected chi connectivity index (χ0v) is 14.0. The van der Waals surface area contributed by atoms with E-state index in [1.165, 1.54) is 13.3 Å². The van der Waals surface area contributed by atoms with Crippen LogP contribution >= 0.6 is 7.82 Å². The van der Waals surface area contributed by atoms with Crippen LogP contribution in [0, 0.1) is 0 Å². The van der Waals surface area contributed by atoms with Crippen molar-refractivity contribution in [1.82, 2.24) is 19.5 Å². The SMILES string of the molecule is COC[C@H]1O[C@@H](n2cnc3cnc(N)nc32)CC1OP(=O)(O)OC. The molecule has 0 aliphatic carbocycles. The molecule has 11 nitrogen and oxygen atoms in total. The third-order valence-electron chi connectivity index (χ3n) is 3.66. The number of phosphoric ester groups is 1. The van der Waals surface area contributed by atoms with Crippen LogP contribution in [-0.2, 0) is 23.1 Å². The number of ether oxygens (including phenoxy) is 2. The molecule has 1 saturated heterocycles. The molecule has 2 aromatic heterocycles. The van der Waals surface area contributed by atoms with E-state index in [1.54, 1.807) is 10.9 Å². The van der Waals surface area contributed by atoms with Crippen LogP contribution in [0.15, 0.2) is 12.5 Å². The van der Waals surface area contributed by atoms with E-state index in [9.17, 15) is 9.46 Å². The Morgan fingerprint density at radius 1 is 1.50 bits per heavy atom. The van der Waals surface area contributed by atoms with Crippen molar-refractivity contribution in [2.24, 2.45) is 0 Å². The van der Waals surface area contributed by atoms with Gasteiger partial charge in [-0.1, -0.05) is 0 Å². The normalized spacial score (nSPS) is 26.7. The van der Waals surface area contributed by atoms with E-state index >= 15 is 0 Å². The highest BCUT2D eigenvalue weighted by Gasteiger charge is 2.41. The summed E-state index contributed by atoms with van der Waals surface area (Å²) >= 11 is 0. The largest absolute Gasteiger partial charge is 0.472 e. The number of hydrogen-bond donors (Lipinski definition) is 2. The van der Waals surface area contributed by atoms with Crippen molar-refractivity contribution in [1.29, 1.82) is 0 Å². The number of nitrogens with two attached hydrogens (primary N) is 1. The molecule has 3 N–H and O–H groups in total. The monoisotopic (exact) mass is 359 g/mol. The molecule has 0 amide bonds. The van der Waals surface area contributed by atoms with Gasteiger partial charge in [0.25, 0.3) is 0 Å². The number of nitrogens with zero attached hydrogens (tertiary/aromatic N) is 4. The van der Waals surface area contributed by atoms with Crippen LogP contribution in [0.1, 0.15) is 12.6 Å². The van der Waals surface area contributed by atoms with Crippen molar-refractivity contribution in [2.75, 3.05) is 26.6 Å². The molecule has 0 radical (unpaired) electrons. The summed E-state index contributed by atoms with van der Waals surface area (Å²) < 4.78 is 34.0. The number of hydrogen-bond acceptors (Lipinski definition) is 9. The minimum atomic E-state index is -4.15. The molecule has 2 unspecified atom stereocenters. The Hall–Kier alpha value is -1.62. The predicted molar refractivity (Wildman–Crippen MR) is 81.8 cm³/mol. The molecule has 4 atom stereocenters. The molecule has 132 valence electrons. The average molecular weight is 359 g/mol. The molecule has 0 aromatic carbocycles. The Bertz CT molecular complexity index is 769. The Labute approximate surface area is 137 Å². The predicted octanol–water partition coefficient (Wildman–Crippen LogP) is 0.474. The number of nitrogen functional groups attached to an aromatic ring is 1. The number of anilines is 1. The minimum Gasteiger partial charge on any atom is -0.382 e. The second kappa shape index (κ2) is 6.71. The number of aromatic nitrogens is 4. The fourth-order valence-electron chi connectivity index (χ4n) is 2.56. The van der Waals surface area contributed by atoms with E-state index in [0.29, 0.717) is 11.2 Å². The zero-order valence-electron chi connectivity index (χ0n) is 13.1. The molecule has 1 fully saturated rings. The van der Waals surface area contributed by atoms with E-state index in [1.807, 2.05) is 0 Å². The summed E-state index contributed by atoms with van der Waals surface area (Å²) in [6.07, 6.45) is 1.60. The van der Waals surface area contributed by atoms with Gasteiger partial charge in [0.15, 0.2) is 5.65 Å². The molecular weight excluding hydrogens is 341 g/mol. The maximum atomic E-state index is 11.7. The third-order valence-corrected chi connectivity index (χ3v) is 4.65. The summed E-state index contributed by atoms with van der Waals surface area (Å²) in [5.74, 6) is 0.114. The van der Waals surface area contributed by atoms with Crippen LogP contribution in [0.5, 0.6) is 0 Å². The number of phosphoric acid groups is 1. The highest BCUT2D eigenvalue weighted by Crippen LogP contribution is 2.47. The Morgan fingerprint density at radius 2 is 2.29 bits per heavy atom. The van der Waals surface area contributed by atoms with Gasteiger partial charge in [0.2, 0.25) is 5.95 Å². The van der Waals surface area contributed by atoms with E-state index in [-0.39, 0.29) is 19.0 Å². The first-order valence-corrected chi connectivity index (χ1v) is 8.59. The topological polar surface area (TPSA) is 144 Å². The second-order valence-electron chi connectivity index (χ2n) is 5.20. The van der Waals surface area contributed by atoms with Crippen molar-refractivity contribution < 1.29 is 28.0 Å². The van der Waals surface area contributed by atoms with Crippen molar-refractivity contribution >= 4 is 24.9 Å². The maximum absolute atomic E-state index is 11.7. The quantitative estimate of drug-likeness (QED) is 0.698. The number of methoxy groups -OCH3 is 1. The zero-order chi connectivity index (χ0) is 17.3. The van der Waals surface area contributed by atoms with E-state index < -0.39 is 26.3 Å². The van der Waals surface area contributed by atoms with Gasteiger partial charge in [0, 0.05) is 20.6 Å². The van der Waals surface area contributed by atoms with Crippen molar-refractivity contribution in [3.05, 3.63) is 12.5 Å². The molecule has 12 heteroatoms. The number of fused-ring (bicyclic) bond motifs is 1. The Kier molecular flexibility index (Phi) is 4.81. The van der Waals surface area contributed by atoms with Crippen LogP contribution in [0.4, 0.5) is 5.95 Å². The summed E-state index contributed by atoms with van der Waals surface area (Å²) in [5.41, 5.74) is 6.68. The van der Waals surface area contributed by atoms with Gasteiger partial charge in [0.05, 0.1) is 19.1 Å². The minimum absolute atomic E-state index is 0.114. The first-order chi connectivity index (χ1) is 11.4. The van der Waals surface area contributed by atoms with Gasteiger partial charge in [-0.15, -0.1) is 0 Å². The molecule has 3 rings (SSSR count). The molecule has 0 bridgehead atoms. The summed E-state index contributed by atoms with van der Waals surface area (Å²) in [5, 5.41) is 0. The summed E-state index contributed by atoms with van der Waals surface area (Å²) in [6.45, 7) is 0.189. The lowest BCUT2D eigenvalue weighted by molar-refractivity contribution is -0.0520. The second-order valence-corrected chi connectivity index (χ2v) is 6.72. The summed E-state index contributed by atoms with van der Waals surface area (Å²) in [4.78, 5) is 21.8. The fourth-order valence-corrected chi connectivity index (χ4v) is 3.21. The first-order valence-electron chi connectivity index (χ1n) is 7.10. The van der Waals surface area contributed by atoms with E-state index in [4.69, 9.17) is 19.7 Å². The Balaban J connectivity index is 1.86. The number of imidazole rings is 1. The molecule has 3 heterocycles. The molecule has 0 saturated carbocycles. The average Bonchev–Trinajstić information content (AvgIpc) is 3.11. The van der Waals surface area contributed by atoms with Gasteiger partial charge in [0.1, 0.15) is 24.0 Å². The summed E-state index contributed by atoms with van der Waals surface area (Å²) in [6, 6.07) is 0. The molecule has 0 spiro atoms. The maximum Gasteiger partial charge on any atom is 0.472 e. The lowest BCUT2D eigenvalue weighted by Gasteiger charge is -2.19. The fraction of sp³-hybridized carbons (Fsp3) is 0.583. The summed E-state index contributed by atoms with van der Waals surface area (Å²) in [7, 11) is -1.55. The third kappa shape index (κ3) is 3.41. The standard InChI is InChI=1S/C12H18N5O6P/c1-20-5-9-8(23-24(18,19)21-2)3-10(22-9)17-6-15-7-4-14-12(13)16-11(7)17/h4,6,8-10H,3,5H2,1-2H3,(H,18,19)(H2,13,14,16)/t8?,9-,10-/m1/s1. The smallest absolute Gasteiger partial charge is 0.382 e. The van der Waals surface area contributed by atoms with Gasteiger partial charge < -0.3 is 20.1 Å². The van der Waals surface area contributed by atoms with Crippen LogP contribution in [0.3, 0.4) is 0 Å². The lowest BCUT2D eigenvalue weighted by atomic mass is 10.2. The molecule has 1 aliphatic rings. The molecule has 2 aromatic rings. The Morgan fingerprint density at radius 3 is 3.00 bits per heavy atom. The van der Waals surface area contributed by atoms with Crippen LogP contribution in [0.2, 0.25) is 0 Å². The van der Waals surface area contributed by atoms with Gasteiger partial charge >= 0.3 is 7.82 Å². The first kappa shape index (κ1) is 17.2. The van der Waals surface area contributed by atoms with Crippen LogP contribution in [0.25, 0.3) is 11.2 Å². The van der Waals surface area contributed by atoms with Gasteiger partial charge in [-0.25, -0.2) is 14.5 Å². The van der Waals surface area contributed by atoms with Gasteiger partial charge in [-0.05, 0) is 0 Å². The van der Waals surface area contributed by atoms with Gasteiger partial charge in [-0.3, -0.25) is 13.6 Å². The van der Waals surface area contributed by atoms with Crippen molar-refractivity contribution in [3.63, 3.8) is 0 Å². The number of rotatable bonds is 6. The molecule has 24 heavy (non-hydrogen) atoms. The highest BCUT2D eigenvalue weighted by atomic mass is 31.2. The van der Waals surface area contributed by atoms with Gasteiger partial charge in [-0.2, -0.15) is 4.98 Å². The van der Waals surface area contributed by atoms with Crippen molar-refractivity contribution in [2.45, 2.75) is 24.9 Å². The highest BCUT2D eigenvalue weighted by molar-refractivity contribution is 7.47. The van der Waals surface area contributed by atoms with E-state index in [0.717, 1.165) is 7.11 Å².